The zero-order chi connectivity index (χ0) is 43.2. The van der Waals surface area contributed by atoms with E-state index in [0.29, 0.717) is 48.3 Å². The molecule has 2 atom stereocenters. The molecule has 2 aromatic carbocycles. The number of aliphatic imine (C=N–C) groups is 1. The van der Waals surface area contributed by atoms with E-state index in [4.69, 9.17) is 30.8 Å². The Labute approximate surface area is 356 Å². The van der Waals surface area contributed by atoms with Crippen LogP contribution < -0.4 is 10.6 Å². The number of amides is 3. The summed E-state index contributed by atoms with van der Waals surface area (Å²) in [6.45, 7) is 11.4. The number of fused-ring (bicyclic) bond motifs is 3. The number of piperidine rings is 1. The van der Waals surface area contributed by atoms with Gasteiger partial charge in [-0.3, -0.25) is 23.9 Å². The molecule has 0 bridgehead atoms. The number of nitrogens with zero attached hydrogens (tertiary/aromatic N) is 5. The Bertz CT molecular complexity index is 2400. The Kier molecular flexibility index (Phi) is 13.7. The summed E-state index contributed by atoms with van der Waals surface area (Å²) in [5.74, 6) is 4.67. The van der Waals surface area contributed by atoms with Crippen molar-refractivity contribution < 1.29 is 38.2 Å². The van der Waals surface area contributed by atoms with Crippen molar-refractivity contribution in [3.05, 3.63) is 91.8 Å². The van der Waals surface area contributed by atoms with Gasteiger partial charge in [0, 0.05) is 58.2 Å². The Hall–Kier alpha value is -6.05. The van der Waals surface area contributed by atoms with Gasteiger partial charge in [0.25, 0.3) is 0 Å². The number of anilines is 1. The fourth-order valence-electron chi connectivity index (χ4n) is 6.85. The summed E-state index contributed by atoms with van der Waals surface area (Å²) in [5, 5.41) is 15.9. The van der Waals surface area contributed by atoms with Gasteiger partial charge >= 0.3 is 18.0 Å². The van der Waals surface area contributed by atoms with Gasteiger partial charge in [-0.1, -0.05) is 49.4 Å². The van der Waals surface area contributed by atoms with Crippen LogP contribution in [0.4, 0.5) is 10.5 Å². The third-order valence-corrected chi connectivity index (χ3v) is 11.7. The maximum absolute atomic E-state index is 14.0. The monoisotopic (exact) mass is 855 g/mol. The number of alkyl carbamates (subject to hydrolysis) is 1. The van der Waals surface area contributed by atoms with Crippen LogP contribution in [0.3, 0.4) is 0 Å². The Balaban J connectivity index is 1.09. The van der Waals surface area contributed by atoms with Gasteiger partial charge < -0.3 is 29.7 Å². The number of aryl methyl sites for hydroxylation is 2. The first-order valence-corrected chi connectivity index (χ1v) is 20.7. The predicted molar refractivity (Wildman–Crippen MR) is 225 cm³/mol. The first kappa shape index (κ1) is 43.5. The minimum atomic E-state index is -1.10. The lowest BCUT2D eigenvalue weighted by Crippen LogP contribution is -2.41. The van der Waals surface area contributed by atoms with E-state index in [1.165, 1.54) is 20.1 Å². The van der Waals surface area contributed by atoms with Crippen molar-refractivity contribution in [2.75, 3.05) is 32.1 Å². The van der Waals surface area contributed by atoms with E-state index in [-0.39, 0.29) is 47.7 Å². The number of carbonyl (C=O) groups is 5. The van der Waals surface area contributed by atoms with E-state index in [1.54, 1.807) is 42.2 Å². The van der Waals surface area contributed by atoms with Crippen molar-refractivity contribution in [3.8, 4) is 16.8 Å². The van der Waals surface area contributed by atoms with Crippen LogP contribution in [0, 0.1) is 44.4 Å². The highest BCUT2D eigenvalue weighted by molar-refractivity contribution is 7.15. The third-order valence-electron chi connectivity index (χ3n) is 10.2. The summed E-state index contributed by atoms with van der Waals surface area (Å²) in [6, 6.07) is 11.6. The fraction of sp³-hybridized carbons (Fsp3) is 0.395. The summed E-state index contributed by atoms with van der Waals surface area (Å²) < 4.78 is 17.0. The summed E-state index contributed by atoms with van der Waals surface area (Å²) >= 11 is 7.90. The quantitative estimate of drug-likeness (QED) is 0.102. The second-order valence-electron chi connectivity index (χ2n) is 14.7. The lowest BCUT2D eigenvalue weighted by atomic mass is 9.95. The predicted octanol–water partition coefficient (Wildman–Crippen LogP) is 6.48. The number of esters is 2. The topological polar surface area (TPSA) is 183 Å². The minimum absolute atomic E-state index is 0.0684. The smallest absolute Gasteiger partial charge is 0.410 e. The van der Waals surface area contributed by atoms with Crippen LogP contribution in [-0.4, -0.2) is 88.3 Å². The lowest BCUT2D eigenvalue weighted by Gasteiger charge is -2.32. The second-order valence-corrected chi connectivity index (χ2v) is 16.4. The summed E-state index contributed by atoms with van der Waals surface area (Å²) in [6.07, 6.45) is -0.995. The van der Waals surface area contributed by atoms with Crippen LogP contribution in [-0.2, 0) is 28.6 Å². The number of rotatable bonds is 10. The molecule has 0 aliphatic carbocycles. The molecule has 0 radical (unpaired) electrons. The van der Waals surface area contributed by atoms with E-state index in [1.807, 2.05) is 35.8 Å². The number of methoxy groups -OCH3 is 1. The Morgan fingerprint density at radius 3 is 2.38 bits per heavy atom. The minimum Gasteiger partial charge on any atom is -0.465 e. The van der Waals surface area contributed by atoms with Crippen LogP contribution in [0.15, 0.2) is 47.5 Å². The molecule has 314 valence electrons. The molecular weight excluding hydrogens is 810 g/mol. The number of nitrogens with one attached hydrogen (secondary N) is 2. The normalized spacial score (nSPS) is 15.3. The molecule has 15 nitrogen and oxygen atoms in total. The average molecular weight is 856 g/mol. The van der Waals surface area contributed by atoms with Gasteiger partial charge in [-0.25, -0.2) is 9.59 Å². The van der Waals surface area contributed by atoms with Crippen LogP contribution in [0.2, 0.25) is 5.02 Å². The molecule has 60 heavy (non-hydrogen) atoms. The molecule has 17 heteroatoms. The zero-order valence-electron chi connectivity index (χ0n) is 34.4. The molecule has 2 N–H and O–H groups in total. The maximum Gasteiger partial charge on any atom is 0.410 e. The summed E-state index contributed by atoms with van der Waals surface area (Å²) in [4.78, 5) is 72.0. The SMILES string of the molecule is COC(=O)c1ccc(NC(=O)C2CCN(C(=O)C[C@@H]3N=C(c4ccc(Cl)cc4)c4c(sc(C)c4C)-n4c(C)nnc43)CC2)cc1C#CCNC(=O)OC(C)OC(=O)C(C)C. The first-order chi connectivity index (χ1) is 28.6. The van der Waals surface area contributed by atoms with E-state index in [0.717, 1.165) is 32.3 Å². The van der Waals surface area contributed by atoms with Gasteiger partial charge in [0.1, 0.15) is 16.9 Å². The van der Waals surface area contributed by atoms with Gasteiger partial charge in [0.05, 0.1) is 37.3 Å². The maximum atomic E-state index is 14.0. The highest BCUT2D eigenvalue weighted by atomic mass is 35.5. The third kappa shape index (κ3) is 9.86. The van der Waals surface area contributed by atoms with E-state index in [9.17, 15) is 24.0 Å². The molecule has 3 amide bonds. The Morgan fingerprint density at radius 2 is 1.70 bits per heavy atom. The molecule has 1 fully saturated rings. The molecule has 2 aromatic heterocycles. The van der Waals surface area contributed by atoms with Gasteiger partial charge in [-0.15, -0.1) is 21.5 Å². The average Bonchev–Trinajstić information content (AvgIpc) is 3.70. The molecule has 0 saturated carbocycles. The first-order valence-electron chi connectivity index (χ1n) is 19.5. The number of hydrogen-bond acceptors (Lipinski definition) is 12. The highest BCUT2D eigenvalue weighted by Gasteiger charge is 2.35. The van der Waals surface area contributed by atoms with Crippen LogP contribution >= 0.6 is 22.9 Å². The van der Waals surface area contributed by atoms with Crippen LogP contribution in [0.1, 0.15) is 95.2 Å². The van der Waals surface area contributed by atoms with Crippen LogP contribution in [0.5, 0.6) is 0 Å². The number of halogens is 1. The number of carbonyl (C=O) groups excluding carboxylic acids is 5. The number of ether oxygens (including phenoxy) is 3. The standard InChI is InChI=1S/C43H46ClN7O8S/c1-23(2)41(54)58-27(6)59-43(56)45-18-8-9-30-21-32(14-15-33(30)42(55)57-7)46-39(53)29-16-19-50(20-17-29)35(52)22-34-38-49-48-26(5)51(38)40-36(24(3)25(4)60-40)37(47-34)28-10-12-31(44)13-11-28/h10-15,21,23,27,29,34H,16-20,22H2,1-7H3,(H,45,56)(H,46,53)/t27?,34-/m0/s1. The fourth-order valence-corrected chi connectivity index (χ4v) is 8.19. The highest BCUT2D eigenvalue weighted by Crippen LogP contribution is 2.40. The van der Waals surface area contributed by atoms with Gasteiger partial charge in [0.2, 0.25) is 18.1 Å². The van der Waals surface area contributed by atoms with Crippen molar-refractivity contribution in [1.82, 2.24) is 25.0 Å². The van der Waals surface area contributed by atoms with Crippen molar-refractivity contribution in [1.29, 1.82) is 0 Å². The van der Waals surface area contributed by atoms with Gasteiger partial charge in [-0.05, 0) is 69.5 Å². The number of hydrogen-bond donors (Lipinski definition) is 2. The molecule has 2 aliphatic heterocycles. The number of likely N-dealkylation sites (tertiary alicyclic amines) is 1. The molecule has 1 unspecified atom stereocenters. The summed E-state index contributed by atoms with van der Waals surface area (Å²) in [5.41, 5.74) is 4.58. The summed E-state index contributed by atoms with van der Waals surface area (Å²) in [7, 11) is 1.24. The number of aromatic nitrogens is 3. The molecule has 6 rings (SSSR count). The van der Waals surface area contributed by atoms with E-state index >= 15 is 0 Å². The molecule has 4 heterocycles. The van der Waals surface area contributed by atoms with Crippen molar-refractivity contribution in [3.63, 3.8) is 0 Å². The van der Waals surface area contributed by atoms with Crippen LogP contribution in [0.25, 0.3) is 5.00 Å². The van der Waals surface area contributed by atoms with Crippen molar-refractivity contribution >= 4 is 64.2 Å². The van der Waals surface area contributed by atoms with E-state index < -0.39 is 30.4 Å². The van der Waals surface area contributed by atoms with Gasteiger partial charge in [0.15, 0.2) is 5.82 Å². The van der Waals surface area contributed by atoms with Crippen molar-refractivity contribution in [2.24, 2.45) is 16.8 Å². The second kappa shape index (κ2) is 18.9. The van der Waals surface area contributed by atoms with Crippen molar-refractivity contribution in [2.45, 2.75) is 73.1 Å². The number of benzene rings is 2. The molecule has 0 spiro atoms. The lowest BCUT2D eigenvalue weighted by molar-refractivity contribution is -0.168. The van der Waals surface area contributed by atoms with E-state index in [2.05, 4.69) is 46.5 Å². The largest absolute Gasteiger partial charge is 0.465 e. The van der Waals surface area contributed by atoms with Gasteiger partial charge in [-0.2, -0.15) is 0 Å². The number of thiophene rings is 1. The zero-order valence-corrected chi connectivity index (χ0v) is 36.0. The molecule has 4 aromatic rings. The Morgan fingerprint density at radius 1 is 0.983 bits per heavy atom. The molecular formula is C43H46ClN7O8S. The molecule has 1 saturated heterocycles. The molecule has 2 aliphatic rings.